The van der Waals surface area contributed by atoms with E-state index < -0.39 is 5.97 Å². The minimum atomic E-state index is -0.781. The van der Waals surface area contributed by atoms with Crippen LogP contribution < -0.4 is 0 Å². The van der Waals surface area contributed by atoms with E-state index in [1.54, 1.807) is 22.7 Å². The zero-order valence-corrected chi connectivity index (χ0v) is 13.5. The third-order valence-corrected chi connectivity index (χ3v) is 5.01. The summed E-state index contributed by atoms with van der Waals surface area (Å²) in [7, 11) is 0. The van der Waals surface area contributed by atoms with E-state index in [1.807, 2.05) is 19.1 Å². The molecule has 3 heterocycles. The average molecular weight is 331 g/mol. The molecule has 1 aliphatic heterocycles. The van der Waals surface area contributed by atoms with Crippen LogP contribution in [0.4, 0.5) is 0 Å². The summed E-state index contributed by atoms with van der Waals surface area (Å²) < 4.78 is 0. The van der Waals surface area contributed by atoms with Crippen LogP contribution in [0.3, 0.4) is 0 Å². The smallest absolute Gasteiger partial charge is 0.306 e. The summed E-state index contributed by atoms with van der Waals surface area (Å²) in [5, 5.41) is 11.6. The van der Waals surface area contributed by atoms with Gasteiger partial charge in [0.1, 0.15) is 10.7 Å². The van der Waals surface area contributed by atoms with Crippen molar-refractivity contribution >= 4 is 23.2 Å². The van der Waals surface area contributed by atoms with Crippen LogP contribution in [-0.2, 0) is 4.79 Å². The molecular weight excluding hydrogens is 314 g/mol. The van der Waals surface area contributed by atoms with Gasteiger partial charge in [-0.2, -0.15) is 0 Å². The Labute approximate surface area is 137 Å². The minimum absolute atomic E-state index is 0.0964. The zero-order chi connectivity index (χ0) is 16.4. The number of carbonyl (C=O) groups is 2. The Morgan fingerprint density at radius 1 is 1.43 bits per heavy atom. The van der Waals surface area contributed by atoms with Crippen molar-refractivity contribution in [1.29, 1.82) is 0 Å². The van der Waals surface area contributed by atoms with Gasteiger partial charge in [-0.15, -0.1) is 11.3 Å². The molecule has 1 N–H and O–H groups in total. The molecule has 1 saturated heterocycles. The SMILES string of the molecule is C[C@@H]1C[C@H](C(=O)O)CCN1C(=O)c1csc(-c2cccnc2)n1. The third-order valence-electron chi connectivity index (χ3n) is 4.12. The molecule has 0 unspecified atom stereocenters. The molecular formula is C16H17N3O3S. The first kappa shape index (κ1) is 15.6. The predicted molar refractivity (Wildman–Crippen MR) is 86.2 cm³/mol. The number of likely N-dealkylation sites (tertiary alicyclic amines) is 1. The summed E-state index contributed by atoms with van der Waals surface area (Å²) in [6.07, 6.45) is 4.39. The Balaban J connectivity index is 1.74. The number of carboxylic acids is 1. The Morgan fingerprint density at radius 3 is 2.91 bits per heavy atom. The van der Waals surface area contributed by atoms with E-state index in [-0.39, 0.29) is 17.9 Å². The second-order valence-electron chi connectivity index (χ2n) is 5.69. The fraction of sp³-hybridized carbons (Fsp3) is 0.375. The molecule has 1 fully saturated rings. The molecule has 2 aromatic heterocycles. The van der Waals surface area contributed by atoms with Crippen molar-refractivity contribution in [2.24, 2.45) is 5.92 Å². The van der Waals surface area contributed by atoms with Gasteiger partial charge in [0.25, 0.3) is 5.91 Å². The molecule has 1 amide bonds. The molecule has 6 nitrogen and oxygen atoms in total. The number of carbonyl (C=O) groups excluding carboxylic acids is 1. The number of hydrogen-bond acceptors (Lipinski definition) is 5. The fourth-order valence-electron chi connectivity index (χ4n) is 2.84. The van der Waals surface area contributed by atoms with Crippen molar-refractivity contribution in [1.82, 2.24) is 14.9 Å². The molecule has 0 aliphatic carbocycles. The average Bonchev–Trinajstić information content (AvgIpc) is 3.05. The maximum atomic E-state index is 12.6. The van der Waals surface area contributed by atoms with Crippen LogP contribution in [0.15, 0.2) is 29.9 Å². The van der Waals surface area contributed by atoms with Gasteiger partial charge < -0.3 is 10.0 Å². The number of hydrogen-bond donors (Lipinski definition) is 1. The lowest BCUT2D eigenvalue weighted by atomic mass is 9.91. The Hall–Kier alpha value is -2.28. The van der Waals surface area contributed by atoms with Crippen molar-refractivity contribution in [3.8, 4) is 10.6 Å². The van der Waals surface area contributed by atoms with Crippen molar-refractivity contribution < 1.29 is 14.7 Å². The lowest BCUT2D eigenvalue weighted by molar-refractivity contribution is -0.143. The summed E-state index contributed by atoms with van der Waals surface area (Å²) >= 11 is 1.41. The van der Waals surface area contributed by atoms with Crippen LogP contribution in [0.2, 0.25) is 0 Å². The van der Waals surface area contributed by atoms with E-state index in [2.05, 4.69) is 9.97 Å². The van der Waals surface area contributed by atoms with E-state index in [0.717, 1.165) is 10.6 Å². The molecule has 7 heteroatoms. The molecule has 120 valence electrons. The highest BCUT2D eigenvalue weighted by Gasteiger charge is 2.33. The van der Waals surface area contributed by atoms with Gasteiger partial charge in [-0.1, -0.05) is 0 Å². The molecule has 0 aromatic carbocycles. The van der Waals surface area contributed by atoms with Crippen LogP contribution in [0, 0.1) is 5.92 Å². The summed E-state index contributed by atoms with van der Waals surface area (Å²) in [5.41, 5.74) is 1.30. The highest BCUT2D eigenvalue weighted by atomic mass is 32.1. The quantitative estimate of drug-likeness (QED) is 0.934. The Morgan fingerprint density at radius 2 is 2.26 bits per heavy atom. The van der Waals surface area contributed by atoms with E-state index in [0.29, 0.717) is 25.1 Å². The third kappa shape index (κ3) is 3.24. The van der Waals surface area contributed by atoms with Gasteiger partial charge in [-0.3, -0.25) is 14.6 Å². The molecule has 0 bridgehead atoms. The molecule has 0 spiro atoms. The number of amides is 1. The Bertz CT molecular complexity index is 716. The number of thiazole rings is 1. The van der Waals surface area contributed by atoms with Crippen LogP contribution in [0.25, 0.3) is 10.6 Å². The van der Waals surface area contributed by atoms with E-state index in [4.69, 9.17) is 5.11 Å². The fourth-order valence-corrected chi connectivity index (χ4v) is 3.62. The summed E-state index contributed by atoms with van der Waals surface area (Å²) in [5.74, 6) is -1.28. The molecule has 2 atom stereocenters. The number of aliphatic carboxylic acids is 1. The lowest BCUT2D eigenvalue weighted by Crippen LogP contribution is -2.46. The first-order valence-corrected chi connectivity index (χ1v) is 8.34. The van der Waals surface area contributed by atoms with Crippen molar-refractivity contribution in [2.45, 2.75) is 25.8 Å². The number of piperidine rings is 1. The molecule has 0 radical (unpaired) electrons. The second-order valence-corrected chi connectivity index (χ2v) is 6.54. The molecule has 23 heavy (non-hydrogen) atoms. The van der Waals surface area contributed by atoms with Gasteiger partial charge in [-0.25, -0.2) is 4.98 Å². The maximum Gasteiger partial charge on any atom is 0.306 e. The van der Waals surface area contributed by atoms with E-state index in [1.165, 1.54) is 11.3 Å². The molecule has 0 saturated carbocycles. The van der Waals surface area contributed by atoms with Gasteiger partial charge in [0, 0.05) is 35.9 Å². The lowest BCUT2D eigenvalue weighted by Gasteiger charge is -2.35. The Kier molecular flexibility index (Phi) is 4.38. The first-order valence-electron chi connectivity index (χ1n) is 7.46. The van der Waals surface area contributed by atoms with Gasteiger partial charge >= 0.3 is 5.97 Å². The zero-order valence-electron chi connectivity index (χ0n) is 12.7. The van der Waals surface area contributed by atoms with Crippen LogP contribution in [0.1, 0.15) is 30.3 Å². The second kappa shape index (κ2) is 6.45. The summed E-state index contributed by atoms with van der Waals surface area (Å²) in [4.78, 5) is 33.9. The minimum Gasteiger partial charge on any atom is -0.481 e. The van der Waals surface area contributed by atoms with Gasteiger partial charge in [-0.05, 0) is 31.9 Å². The topological polar surface area (TPSA) is 83.4 Å². The van der Waals surface area contributed by atoms with Crippen molar-refractivity contribution in [3.05, 3.63) is 35.6 Å². The maximum absolute atomic E-state index is 12.6. The van der Waals surface area contributed by atoms with Crippen LogP contribution in [-0.4, -0.2) is 44.4 Å². The standard InChI is InChI=1S/C16H17N3O3S/c1-10-7-11(16(21)22)4-6-19(10)15(20)13-9-23-14(18-13)12-3-2-5-17-8-12/h2-3,5,8-11H,4,6-7H2,1H3,(H,21,22)/t10-,11-/m1/s1. The monoisotopic (exact) mass is 331 g/mol. The molecule has 2 aromatic rings. The number of aromatic nitrogens is 2. The van der Waals surface area contributed by atoms with Crippen LogP contribution in [0.5, 0.6) is 0 Å². The normalized spacial score (nSPS) is 21.2. The molecule has 3 rings (SSSR count). The molecule has 1 aliphatic rings. The number of pyridine rings is 1. The van der Waals surface area contributed by atoms with Crippen LogP contribution >= 0.6 is 11.3 Å². The van der Waals surface area contributed by atoms with Gasteiger partial charge in [0.2, 0.25) is 0 Å². The largest absolute Gasteiger partial charge is 0.481 e. The van der Waals surface area contributed by atoms with Gasteiger partial charge in [0.05, 0.1) is 5.92 Å². The summed E-state index contributed by atoms with van der Waals surface area (Å²) in [6.45, 7) is 2.35. The van der Waals surface area contributed by atoms with Crippen molar-refractivity contribution in [3.63, 3.8) is 0 Å². The van der Waals surface area contributed by atoms with E-state index >= 15 is 0 Å². The van der Waals surface area contributed by atoms with Gasteiger partial charge in [0.15, 0.2) is 0 Å². The predicted octanol–water partition coefficient (Wildman–Crippen LogP) is 2.53. The number of carboxylic acid groups (broad SMARTS) is 1. The number of rotatable bonds is 3. The summed E-state index contributed by atoms with van der Waals surface area (Å²) in [6, 6.07) is 3.64. The van der Waals surface area contributed by atoms with Crippen molar-refractivity contribution in [2.75, 3.05) is 6.54 Å². The highest BCUT2D eigenvalue weighted by molar-refractivity contribution is 7.13. The highest BCUT2D eigenvalue weighted by Crippen LogP contribution is 2.27. The van der Waals surface area contributed by atoms with E-state index in [9.17, 15) is 9.59 Å². The first-order chi connectivity index (χ1) is 11.1. The number of nitrogens with zero attached hydrogens (tertiary/aromatic N) is 3.